The van der Waals surface area contributed by atoms with Crippen LogP contribution >= 0.6 is 0 Å². The van der Waals surface area contributed by atoms with Gasteiger partial charge in [-0.3, -0.25) is 4.79 Å². The topological polar surface area (TPSA) is 81.7 Å². The van der Waals surface area contributed by atoms with Crippen molar-refractivity contribution < 1.29 is 14.7 Å². The molecule has 1 aliphatic heterocycles. The number of hydrogen-bond acceptors (Lipinski definition) is 3. The molecule has 0 aromatic heterocycles. The molecular formula is C12H23N3O3. The SMILES string of the molecule is CCCN(C(=O)NC(C)C(=O)O)C1CCNCC1. The van der Waals surface area contributed by atoms with E-state index in [1.54, 1.807) is 4.90 Å². The van der Waals surface area contributed by atoms with E-state index in [1.807, 2.05) is 6.92 Å². The van der Waals surface area contributed by atoms with Crippen molar-refractivity contribution in [2.24, 2.45) is 0 Å². The van der Waals surface area contributed by atoms with Crippen LogP contribution in [0, 0.1) is 0 Å². The third-order valence-corrected chi connectivity index (χ3v) is 3.19. The lowest BCUT2D eigenvalue weighted by molar-refractivity contribution is -0.138. The Bertz CT molecular complexity index is 290. The molecule has 1 heterocycles. The summed E-state index contributed by atoms with van der Waals surface area (Å²) in [7, 11) is 0. The monoisotopic (exact) mass is 257 g/mol. The van der Waals surface area contributed by atoms with Gasteiger partial charge in [0, 0.05) is 12.6 Å². The zero-order valence-electron chi connectivity index (χ0n) is 11.1. The van der Waals surface area contributed by atoms with Crippen molar-refractivity contribution >= 4 is 12.0 Å². The van der Waals surface area contributed by atoms with Crippen LogP contribution < -0.4 is 10.6 Å². The first kappa shape index (κ1) is 14.8. The van der Waals surface area contributed by atoms with Crippen LogP contribution in [0.5, 0.6) is 0 Å². The number of aliphatic carboxylic acids is 1. The Morgan fingerprint density at radius 3 is 2.56 bits per heavy atom. The number of nitrogens with zero attached hydrogens (tertiary/aromatic N) is 1. The molecule has 104 valence electrons. The Kier molecular flexibility index (Phi) is 5.91. The van der Waals surface area contributed by atoms with Crippen molar-refractivity contribution in [1.29, 1.82) is 0 Å². The summed E-state index contributed by atoms with van der Waals surface area (Å²) in [6, 6.07) is -0.899. The predicted molar refractivity (Wildman–Crippen MR) is 68.5 cm³/mol. The number of carbonyl (C=O) groups is 2. The highest BCUT2D eigenvalue weighted by Crippen LogP contribution is 2.12. The van der Waals surface area contributed by atoms with Crippen molar-refractivity contribution in [2.45, 2.75) is 45.2 Å². The van der Waals surface area contributed by atoms with E-state index >= 15 is 0 Å². The minimum absolute atomic E-state index is 0.215. The number of rotatable bonds is 5. The summed E-state index contributed by atoms with van der Waals surface area (Å²) in [4.78, 5) is 24.6. The zero-order valence-corrected chi connectivity index (χ0v) is 11.1. The molecule has 0 spiro atoms. The Morgan fingerprint density at radius 1 is 1.44 bits per heavy atom. The van der Waals surface area contributed by atoms with E-state index in [2.05, 4.69) is 10.6 Å². The summed E-state index contributed by atoms with van der Waals surface area (Å²) in [5.74, 6) is -1.01. The molecule has 1 rings (SSSR count). The summed E-state index contributed by atoms with van der Waals surface area (Å²) in [5, 5.41) is 14.6. The van der Waals surface area contributed by atoms with Gasteiger partial charge in [-0.2, -0.15) is 0 Å². The molecule has 18 heavy (non-hydrogen) atoms. The van der Waals surface area contributed by atoms with Gasteiger partial charge in [0.05, 0.1) is 0 Å². The summed E-state index contributed by atoms with van der Waals surface area (Å²) in [6.45, 7) is 5.98. The van der Waals surface area contributed by atoms with Crippen LogP contribution in [0.15, 0.2) is 0 Å². The summed E-state index contributed by atoms with van der Waals surface area (Å²) in [6.07, 6.45) is 2.72. The first-order valence-electron chi connectivity index (χ1n) is 6.57. The normalized spacial score (nSPS) is 18.1. The Balaban J connectivity index is 2.59. The summed E-state index contributed by atoms with van der Waals surface area (Å²) in [5.41, 5.74) is 0. The fourth-order valence-corrected chi connectivity index (χ4v) is 2.14. The minimum Gasteiger partial charge on any atom is -0.480 e. The van der Waals surface area contributed by atoms with Crippen molar-refractivity contribution in [1.82, 2.24) is 15.5 Å². The molecule has 1 saturated heterocycles. The highest BCUT2D eigenvalue weighted by atomic mass is 16.4. The minimum atomic E-state index is -1.01. The van der Waals surface area contributed by atoms with Crippen LogP contribution in [0.4, 0.5) is 4.79 Å². The van der Waals surface area contributed by atoms with Crippen molar-refractivity contribution in [3.63, 3.8) is 0 Å². The number of piperidine rings is 1. The van der Waals surface area contributed by atoms with Crippen molar-refractivity contribution in [3.05, 3.63) is 0 Å². The molecule has 0 saturated carbocycles. The van der Waals surface area contributed by atoms with E-state index in [0.717, 1.165) is 32.4 Å². The highest BCUT2D eigenvalue weighted by Gasteiger charge is 2.26. The van der Waals surface area contributed by atoms with Crippen molar-refractivity contribution in [2.75, 3.05) is 19.6 Å². The first-order chi connectivity index (χ1) is 8.56. The molecule has 3 N–H and O–H groups in total. The van der Waals surface area contributed by atoms with Crippen LogP contribution in [0.1, 0.15) is 33.1 Å². The lowest BCUT2D eigenvalue weighted by atomic mass is 10.0. The van der Waals surface area contributed by atoms with Gasteiger partial charge >= 0.3 is 12.0 Å². The van der Waals surface area contributed by atoms with Gasteiger partial charge in [0.1, 0.15) is 6.04 Å². The quantitative estimate of drug-likeness (QED) is 0.675. The second-order valence-corrected chi connectivity index (χ2v) is 4.68. The van der Waals surface area contributed by atoms with Gasteiger partial charge in [-0.05, 0) is 39.3 Å². The fraction of sp³-hybridized carbons (Fsp3) is 0.833. The molecule has 1 unspecified atom stereocenters. The van der Waals surface area contributed by atoms with E-state index in [1.165, 1.54) is 6.92 Å². The number of amides is 2. The Hall–Kier alpha value is -1.30. The number of carboxylic acid groups (broad SMARTS) is 1. The number of nitrogens with one attached hydrogen (secondary N) is 2. The number of carboxylic acids is 1. The van der Waals surface area contributed by atoms with Crippen LogP contribution in [-0.4, -0.2) is 53.7 Å². The van der Waals surface area contributed by atoms with Gasteiger partial charge in [-0.15, -0.1) is 0 Å². The summed E-state index contributed by atoms with van der Waals surface area (Å²) < 4.78 is 0. The van der Waals surface area contributed by atoms with Crippen LogP contribution in [0.25, 0.3) is 0 Å². The Morgan fingerprint density at radius 2 is 2.06 bits per heavy atom. The molecule has 6 heteroatoms. The van der Waals surface area contributed by atoms with E-state index in [0.29, 0.717) is 6.54 Å². The van der Waals surface area contributed by atoms with Gasteiger partial charge in [0.15, 0.2) is 0 Å². The smallest absolute Gasteiger partial charge is 0.325 e. The maximum atomic E-state index is 12.1. The van der Waals surface area contributed by atoms with Gasteiger partial charge in [0.2, 0.25) is 0 Å². The molecular weight excluding hydrogens is 234 g/mol. The molecule has 2 amide bonds. The molecule has 0 aromatic rings. The van der Waals surface area contributed by atoms with Gasteiger partial charge in [-0.1, -0.05) is 6.92 Å². The second kappa shape index (κ2) is 7.20. The molecule has 0 bridgehead atoms. The van der Waals surface area contributed by atoms with E-state index in [9.17, 15) is 9.59 Å². The average Bonchev–Trinajstić information content (AvgIpc) is 2.36. The zero-order chi connectivity index (χ0) is 13.5. The molecule has 1 fully saturated rings. The van der Waals surface area contributed by atoms with Gasteiger partial charge in [-0.25, -0.2) is 4.79 Å². The molecule has 6 nitrogen and oxygen atoms in total. The molecule has 0 aliphatic carbocycles. The molecule has 0 radical (unpaired) electrons. The standard InChI is InChI=1S/C12H23N3O3/c1-3-8-15(10-4-6-13-7-5-10)12(18)14-9(2)11(16)17/h9-10,13H,3-8H2,1-2H3,(H,14,18)(H,16,17). The predicted octanol–water partition coefficient (Wildman–Crippen LogP) is 0.633. The lowest BCUT2D eigenvalue weighted by Crippen LogP contribution is -2.53. The largest absolute Gasteiger partial charge is 0.480 e. The van der Waals surface area contributed by atoms with Gasteiger partial charge in [0.25, 0.3) is 0 Å². The molecule has 1 aliphatic rings. The van der Waals surface area contributed by atoms with Crippen LogP contribution in [-0.2, 0) is 4.79 Å². The third kappa shape index (κ3) is 4.18. The maximum Gasteiger partial charge on any atom is 0.325 e. The third-order valence-electron chi connectivity index (χ3n) is 3.19. The number of hydrogen-bond donors (Lipinski definition) is 3. The number of carbonyl (C=O) groups excluding carboxylic acids is 1. The highest BCUT2D eigenvalue weighted by molar-refractivity contribution is 5.82. The first-order valence-corrected chi connectivity index (χ1v) is 6.57. The van der Waals surface area contributed by atoms with E-state index in [4.69, 9.17) is 5.11 Å². The Labute approximate surface area is 108 Å². The van der Waals surface area contributed by atoms with Crippen LogP contribution in [0.2, 0.25) is 0 Å². The maximum absolute atomic E-state index is 12.1. The fourth-order valence-electron chi connectivity index (χ4n) is 2.14. The molecule has 0 aromatic carbocycles. The summed E-state index contributed by atoms with van der Waals surface area (Å²) >= 11 is 0. The number of urea groups is 1. The van der Waals surface area contributed by atoms with Crippen LogP contribution in [0.3, 0.4) is 0 Å². The lowest BCUT2D eigenvalue weighted by Gasteiger charge is -2.35. The second-order valence-electron chi connectivity index (χ2n) is 4.68. The van der Waals surface area contributed by atoms with E-state index in [-0.39, 0.29) is 12.1 Å². The van der Waals surface area contributed by atoms with Crippen molar-refractivity contribution in [3.8, 4) is 0 Å². The average molecular weight is 257 g/mol. The molecule has 1 atom stereocenters. The van der Waals surface area contributed by atoms with E-state index < -0.39 is 12.0 Å². The van der Waals surface area contributed by atoms with Gasteiger partial charge < -0.3 is 20.6 Å².